The molecule has 1 N–H and O–H groups in total. The van der Waals surface area contributed by atoms with E-state index >= 15 is 0 Å². The summed E-state index contributed by atoms with van der Waals surface area (Å²) < 4.78 is 36.9. The van der Waals surface area contributed by atoms with Gasteiger partial charge in [0.15, 0.2) is 9.84 Å². The van der Waals surface area contributed by atoms with E-state index in [9.17, 15) is 12.8 Å². The van der Waals surface area contributed by atoms with Crippen LogP contribution in [0.2, 0.25) is 0 Å². The van der Waals surface area contributed by atoms with Crippen LogP contribution in [0.3, 0.4) is 0 Å². The van der Waals surface area contributed by atoms with Gasteiger partial charge in [-0.1, -0.05) is 18.2 Å². The van der Waals surface area contributed by atoms with E-state index in [-0.39, 0.29) is 23.4 Å². The van der Waals surface area contributed by atoms with Crippen LogP contribution in [0.5, 0.6) is 0 Å². The summed E-state index contributed by atoms with van der Waals surface area (Å²) in [6.07, 6.45) is 2.77. The maximum Gasteiger partial charge on any atom is 0.227 e. The quantitative estimate of drug-likeness (QED) is 0.844. The van der Waals surface area contributed by atoms with Gasteiger partial charge in [0.2, 0.25) is 5.95 Å². The van der Waals surface area contributed by atoms with Crippen molar-refractivity contribution in [1.29, 1.82) is 0 Å². The summed E-state index contributed by atoms with van der Waals surface area (Å²) in [4.78, 5) is 10.5. The molecule has 1 unspecified atom stereocenters. The molecule has 1 aliphatic heterocycles. The highest BCUT2D eigenvalue weighted by Gasteiger charge is 2.31. The second kappa shape index (κ2) is 7.35. The molecule has 1 aromatic heterocycles. The van der Waals surface area contributed by atoms with Gasteiger partial charge < -0.3 is 10.2 Å². The summed E-state index contributed by atoms with van der Waals surface area (Å²) in [7, 11) is -1.15. The topological polar surface area (TPSA) is 75.2 Å². The molecule has 134 valence electrons. The zero-order valence-electron chi connectivity index (χ0n) is 14.0. The van der Waals surface area contributed by atoms with Crippen molar-refractivity contribution in [2.24, 2.45) is 0 Å². The summed E-state index contributed by atoms with van der Waals surface area (Å²) in [5.74, 6) is 1.25. The minimum Gasteiger partial charge on any atom is -0.370 e. The van der Waals surface area contributed by atoms with Crippen molar-refractivity contribution in [3.05, 3.63) is 47.9 Å². The maximum absolute atomic E-state index is 13.6. The van der Waals surface area contributed by atoms with Crippen molar-refractivity contribution in [2.75, 3.05) is 35.3 Å². The number of hydrogen-bond donors (Lipinski definition) is 1. The third kappa shape index (κ3) is 4.45. The number of hydrogen-bond acceptors (Lipinski definition) is 6. The van der Waals surface area contributed by atoms with Crippen LogP contribution in [0.15, 0.2) is 36.5 Å². The first-order chi connectivity index (χ1) is 11.9. The van der Waals surface area contributed by atoms with Gasteiger partial charge in [-0.3, -0.25) is 0 Å². The minimum atomic E-state index is -2.96. The number of rotatable bonds is 6. The van der Waals surface area contributed by atoms with Gasteiger partial charge in [0, 0.05) is 25.8 Å². The smallest absolute Gasteiger partial charge is 0.227 e. The zero-order chi connectivity index (χ0) is 17.9. The van der Waals surface area contributed by atoms with Crippen LogP contribution in [-0.4, -0.2) is 49.5 Å². The number of benzene rings is 1. The molecule has 0 aliphatic carbocycles. The first kappa shape index (κ1) is 17.6. The molecule has 0 bridgehead atoms. The van der Waals surface area contributed by atoms with E-state index in [0.717, 1.165) is 0 Å². The molecular formula is C17H21FN4O2S. The minimum absolute atomic E-state index is 0.0985. The molecule has 25 heavy (non-hydrogen) atoms. The number of nitrogens with one attached hydrogen (secondary N) is 1. The zero-order valence-corrected chi connectivity index (χ0v) is 14.8. The van der Waals surface area contributed by atoms with E-state index in [1.807, 2.05) is 18.0 Å². The van der Waals surface area contributed by atoms with E-state index in [2.05, 4.69) is 15.3 Å². The van der Waals surface area contributed by atoms with Crippen molar-refractivity contribution >= 4 is 21.6 Å². The number of aromatic nitrogens is 2. The molecule has 1 aromatic carbocycles. The lowest BCUT2D eigenvalue weighted by atomic mass is 10.1. The molecule has 1 aliphatic rings. The Labute approximate surface area is 147 Å². The highest BCUT2D eigenvalue weighted by atomic mass is 32.2. The molecule has 1 saturated heterocycles. The highest BCUT2D eigenvalue weighted by molar-refractivity contribution is 7.91. The van der Waals surface area contributed by atoms with Crippen LogP contribution >= 0.6 is 0 Å². The standard InChI is InChI=1S/C17H21FN4O2S/c1-22(14-8-11-25(23,24)12-14)17-20-10-7-16(21-17)19-9-6-13-4-2-3-5-15(13)18/h2-5,7,10,14H,6,8-9,11-12H2,1H3,(H,19,20,21). The Morgan fingerprint density at radius 2 is 2.12 bits per heavy atom. The predicted octanol–water partition coefficient (Wildman–Crippen LogP) is 1.89. The summed E-state index contributed by atoms with van der Waals surface area (Å²) in [5, 5.41) is 3.16. The van der Waals surface area contributed by atoms with Crippen molar-refractivity contribution in [1.82, 2.24) is 9.97 Å². The van der Waals surface area contributed by atoms with E-state index in [4.69, 9.17) is 0 Å². The molecule has 6 nitrogen and oxygen atoms in total. The molecule has 8 heteroatoms. The number of sulfone groups is 1. The Balaban J connectivity index is 1.61. The van der Waals surface area contributed by atoms with Crippen LogP contribution in [0.1, 0.15) is 12.0 Å². The molecular weight excluding hydrogens is 343 g/mol. The van der Waals surface area contributed by atoms with Crippen molar-refractivity contribution in [2.45, 2.75) is 18.9 Å². The molecule has 2 aromatic rings. The molecule has 0 saturated carbocycles. The molecule has 0 spiro atoms. The molecule has 2 heterocycles. The van der Waals surface area contributed by atoms with Crippen molar-refractivity contribution in [3.63, 3.8) is 0 Å². The highest BCUT2D eigenvalue weighted by Crippen LogP contribution is 2.20. The van der Waals surface area contributed by atoms with E-state index < -0.39 is 9.84 Å². The molecule has 1 atom stereocenters. The number of halogens is 1. The average molecular weight is 364 g/mol. The fourth-order valence-electron chi connectivity index (χ4n) is 2.89. The van der Waals surface area contributed by atoms with E-state index in [0.29, 0.717) is 36.7 Å². The van der Waals surface area contributed by atoms with Crippen LogP contribution < -0.4 is 10.2 Å². The summed E-state index contributed by atoms with van der Waals surface area (Å²) in [6.45, 7) is 0.541. The Bertz CT molecular complexity index is 844. The lowest BCUT2D eigenvalue weighted by Gasteiger charge is -2.23. The fraction of sp³-hybridized carbons (Fsp3) is 0.412. The monoisotopic (exact) mass is 364 g/mol. The van der Waals surface area contributed by atoms with Gasteiger partial charge in [0.05, 0.1) is 11.5 Å². The lowest BCUT2D eigenvalue weighted by Crippen LogP contribution is -2.34. The van der Waals surface area contributed by atoms with E-state index in [1.165, 1.54) is 6.07 Å². The summed E-state index contributed by atoms with van der Waals surface area (Å²) >= 11 is 0. The second-order valence-electron chi connectivity index (χ2n) is 6.18. The summed E-state index contributed by atoms with van der Waals surface area (Å²) in [5.41, 5.74) is 0.651. The normalized spacial score (nSPS) is 18.9. The lowest BCUT2D eigenvalue weighted by molar-refractivity contribution is 0.600. The van der Waals surface area contributed by atoms with Gasteiger partial charge in [-0.15, -0.1) is 0 Å². The predicted molar refractivity (Wildman–Crippen MR) is 96.1 cm³/mol. The van der Waals surface area contributed by atoms with Gasteiger partial charge in [0.25, 0.3) is 0 Å². The molecule has 0 amide bonds. The Morgan fingerprint density at radius 1 is 1.32 bits per heavy atom. The van der Waals surface area contributed by atoms with Crippen molar-refractivity contribution in [3.8, 4) is 0 Å². The Kier molecular flexibility index (Phi) is 5.17. The first-order valence-electron chi connectivity index (χ1n) is 8.18. The van der Waals surface area contributed by atoms with Gasteiger partial charge in [-0.25, -0.2) is 17.8 Å². The average Bonchev–Trinajstić information content (AvgIpc) is 2.96. The van der Waals surface area contributed by atoms with E-state index in [1.54, 1.807) is 24.4 Å². The maximum atomic E-state index is 13.6. The number of nitrogens with zero attached hydrogens (tertiary/aromatic N) is 3. The molecule has 1 fully saturated rings. The second-order valence-corrected chi connectivity index (χ2v) is 8.41. The molecule has 0 radical (unpaired) electrons. The van der Waals surface area contributed by atoms with Gasteiger partial charge in [-0.2, -0.15) is 4.98 Å². The van der Waals surface area contributed by atoms with Gasteiger partial charge in [-0.05, 0) is 30.5 Å². The van der Waals surface area contributed by atoms with Crippen LogP contribution in [0.4, 0.5) is 16.2 Å². The molecule has 3 rings (SSSR count). The van der Waals surface area contributed by atoms with Gasteiger partial charge >= 0.3 is 0 Å². The summed E-state index contributed by atoms with van der Waals surface area (Å²) in [6, 6.07) is 8.33. The fourth-order valence-corrected chi connectivity index (χ4v) is 4.66. The van der Waals surface area contributed by atoms with Crippen LogP contribution in [-0.2, 0) is 16.3 Å². The third-order valence-corrected chi connectivity index (χ3v) is 6.12. The largest absolute Gasteiger partial charge is 0.370 e. The third-order valence-electron chi connectivity index (χ3n) is 4.37. The first-order valence-corrected chi connectivity index (χ1v) is 10.0. The Morgan fingerprint density at radius 3 is 2.84 bits per heavy atom. The van der Waals surface area contributed by atoms with Crippen molar-refractivity contribution < 1.29 is 12.8 Å². The van der Waals surface area contributed by atoms with Crippen LogP contribution in [0.25, 0.3) is 0 Å². The van der Waals surface area contributed by atoms with Crippen LogP contribution in [0, 0.1) is 5.82 Å². The van der Waals surface area contributed by atoms with Gasteiger partial charge in [0.1, 0.15) is 11.6 Å². The SMILES string of the molecule is CN(c1nccc(NCCc2ccccc2F)n1)C1CCS(=O)(=O)C1. The Hall–Kier alpha value is -2.22. The number of anilines is 2.